The van der Waals surface area contributed by atoms with Crippen LogP contribution in [0.5, 0.6) is 0 Å². The number of ether oxygens (including phenoxy) is 3. The van der Waals surface area contributed by atoms with Crippen LogP contribution in [0.2, 0.25) is 0 Å². The molecule has 666 valence electrons. The van der Waals surface area contributed by atoms with Gasteiger partial charge in [0, 0.05) is 249 Å². The van der Waals surface area contributed by atoms with Crippen LogP contribution in [0.4, 0.5) is 0 Å². The maximum absolute atomic E-state index is 14.4. The number of Topliss-reactive ketones (excluding diaryl/α,β-unsaturated/α-hetero) is 2. The van der Waals surface area contributed by atoms with Crippen LogP contribution in [-0.2, 0) is 88.7 Å². The Kier molecular flexibility index (Phi) is 55.8. The third-order valence-corrected chi connectivity index (χ3v) is 16.5. The van der Waals surface area contributed by atoms with E-state index in [2.05, 4.69) is 311 Å². The number of aliphatic hydroxyl groups is 5. The fourth-order valence-corrected chi connectivity index (χ4v) is 11.3. The molecule has 0 spiro atoms. The summed E-state index contributed by atoms with van der Waals surface area (Å²) in [6.45, 7) is 17.5. The number of cyclic esters (lactones) is 1. The minimum Gasteiger partial charge on any atom is -0.456 e. The van der Waals surface area contributed by atoms with E-state index in [0.717, 1.165) is 10.5 Å². The molecule has 28 nitrogen and oxygen atoms in total. The van der Waals surface area contributed by atoms with E-state index >= 15 is 0 Å². The first kappa shape index (κ1) is 102. The fraction of sp³-hybridized carbons (Fsp3) is 0.416. The molecular weight excluding hydrogens is 1510 g/mol. The van der Waals surface area contributed by atoms with E-state index in [0.29, 0.717) is 56.9 Å². The molecule has 1 aliphatic carbocycles. The molecule has 0 aromatic heterocycles. The summed E-state index contributed by atoms with van der Waals surface area (Å²) < 4.78 is 18.5. The lowest BCUT2D eigenvalue weighted by Gasteiger charge is -2.52. The smallest absolute Gasteiger partial charge is 0.329 e. The third-order valence-electron chi connectivity index (χ3n) is 16.5. The molecule has 1 amide bonds. The summed E-state index contributed by atoms with van der Waals surface area (Å²) >= 11 is 0. The van der Waals surface area contributed by atoms with Crippen LogP contribution in [0.1, 0.15) is 170 Å². The van der Waals surface area contributed by atoms with Crippen molar-refractivity contribution >= 4 is 23.4 Å². The highest BCUT2D eigenvalue weighted by molar-refractivity contribution is 6.39. The Morgan fingerprint density at radius 3 is 1.42 bits per heavy atom. The number of aliphatic hydroxyl groups excluding tert-OH is 4. The molecule has 3 fully saturated rings. The zero-order valence-corrected chi connectivity index (χ0v) is 65.2. The number of fused-ring (bicyclic) bond motifs is 3. The Morgan fingerprint density at radius 2 is 1.02 bits per heavy atom. The van der Waals surface area contributed by atoms with Crippen molar-refractivity contribution in [3.05, 3.63) is 36.0 Å². The lowest BCUT2D eigenvalue weighted by atomic mass is 9.69. The lowest BCUT2D eigenvalue weighted by molar-refractivity contribution is -0.808. The van der Waals surface area contributed by atoms with Crippen molar-refractivity contribution < 1.29 is 174 Å². The highest BCUT2D eigenvalue weighted by Gasteiger charge is 2.61. The number of carbonyl (C=O) groups excluding carboxylic acids is 4. The first-order chi connectivity index (χ1) is 56.1. The Hall–Kier alpha value is -12.6. The molecule has 0 unspecified atom stereocenters. The van der Waals surface area contributed by atoms with Crippen LogP contribution >= 0.6 is 0 Å². The van der Waals surface area contributed by atoms with E-state index in [1.54, 1.807) is 47.6 Å². The van der Waals surface area contributed by atoms with Gasteiger partial charge in [0.15, 0.2) is 0 Å². The zero-order valence-electron chi connectivity index (χ0n) is 65.2. The van der Waals surface area contributed by atoms with E-state index in [-0.39, 0.29) is 112 Å². The number of carbonyl (C=O) groups is 4. The van der Waals surface area contributed by atoms with Crippen molar-refractivity contribution in [3.63, 3.8) is 0 Å². The summed E-state index contributed by atoms with van der Waals surface area (Å²) in [5.41, 5.74) is 1.60. The molecule has 10 N–H and O–H groups in total. The third kappa shape index (κ3) is 42.9. The number of piperidine rings is 1. The molecule has 117 heavy (non-hydrogen) atoms. The number of methoxy groups -OCH3 is 1. The summed E-state index contributed by atoms with van der Waals surface area (Å²) in [6, 6.07) is -1.18. The molecule has 4 rings (SSSR count). The predicted octanol–water partition coefficient (Wildman–Crippen LogP) is 10.9. The Bertz CT molecular complexity index is 4850. The number of nitrogens with one attached hydrogen (secondary N) is 1. The van der Waals surface area contributed by atoms with Gasteiger partial charge in [-0.15, -0.1) is 6.58 Å². The van der Waals surface area contributed by atoms with Crippen LogP contribution < -0.4 is 5.64 Å². The number of amides is 1. The number of allylic oxidation sites excluding steroid dienone is 4. The second-order valence-electron chi connectivity index (χ2n) is 24.9. The van der Waals surface area contributed by atoms with Gasteiger partial charge in [0.25, 0.3) is 11.7 Å². The van der Waals surface area contributed by atoms with E-state index < -0.39 is 83.2 Å². The molecule has 0 aromatic rings. The summed E-state index contributed by atoms with van der Waals surface area (Å²) in [6.07, 6.45) is 5.16. The Morgan fingerprint density at radius 1 is 0.598 bits per heavy atom. The molecule has 1 saturated carbocycles. The molecule has 3 aliphatic heterocycles. The second-order valence-corrected chi connectivity index (χ2v) is 24.9. The van der Waals surface area contributed by atoms with Crippen LogP contribution in [0, 0.1) is 290 Å². The van der Waals surface area contributed by atoms with Crippen molar-refractivity contribution in [2.75, 3.05) is 26.9 Å². The molecular formula is C89H144N2O26. The standard InChI is InChI=1S/C45H71NO12.C44H6.H3NO13.H2O.31H2/c1-9-12-31-18-26(2)17-27(3)19-38(56-8)40-33(25-48)23-44(6,7)45(55,58-40)41(52)42(53)46-16-11-10-13-34(46)43(54)57-39(29(5)36(50)22-37(31)51)28(4)20-30-14-15-35(49)32(21-30)24-47;1-3-5-7-9-11-13-15-17-19-21-23-25-27-29-31-33-35-37-39-41-43-44-42-40-38-36-34-32-30-28-26-24-22-20-18-16-14-12-10-8-6-4-2;2-6-10-12-8-4-1-5-9-13-14-11-7-3;;;;;;;;;;;;;;;;;;;;;;;;;;;;;;;;/h9,18,20,27,29-36,38-40,47-50,55H,1,10-17,19,21-25H2,2-8H3;1-2H3;1-3H;1H2;31*1H/b26-18+,28-20+;;;;;;;;;;;;;;;;;;;;;;;;;;;;;;;;;;/t27-,29+,30-,31+,32-,33+,34-,35+,36-,38-,39+,40+,45-;;;;;;;;;;;;;;;;;;;;;;;;;;;;;;;;;;/m0................................../s1. The Balaban J connectivity index is -0.0000000479. The van der Waals surface area contributed by atoms with Crippen LogP contribution in [0.25, 0.3) is 0 Å². The molecule has 4 aliphatic rings. The first-order valence-corrected chi connectivity index (χ1v) is 34.9. The summed E-state index contributed by atoms with van der Waals surface area (Å²) in [4.78, 5) is 65.4. The number of nitrogens with zero attached hydrogens (tertiary/aromatic N) is 1. The highest BCUT2D eigenvalue weighted by Crippen LogP contribution is 2.48. The van der Waals surface area contributed by atoms with Gasteiger partial charge >= 0.3 is 5.97 Å². The minimum absolute atomic E-state index is 0. The van der Waals surface area contributed by atoms with Gasteiger partial charge in [0.05, 0.1) is 24.4 Å². The van der Waals surface area contributed by atoms with E-state index in [1.165, 1.54) is 12.8 Å². The second kappa shape index (κ2) is 63.7. The van der Waals surface area contributed by atoms with Gasteiger partial charge in [-0.1, -0.05) is 73.3 Å². The molecule has 28 heteroatoms. The highest BCUT2D eigenvalue weighted by atomic mass is 17.9. The van der Waals surface area contributed by atoms with Gasteiger partial charge in [-0.3, -0.25) is 14.4 Å². The number of rotatable bonds is 18. The van der Waals surface area contributed by atoms with Gasteiger partial charge in [0.1, 0.15) is 17.9 Å². The molecule has 2 bridgehead atoms. The molecule has 2 saturated heterocycles. The normalized spacial score (nSPS) is 22.6. The maximum atomic E-state index is 14.4. The largest absolute Gasteiger partial charge is 0.456 e. The number of ketones is 2. The van der Waals surface area contributed by atoms with Crippen molar-refractivity contribution in [2.45, 2.75) is 168 Å². The lowest BCUT2D eigenvalue weighted by Crippen LogP contribution is -2.67. The maximum Gasteiger partial charge on any atom is 0.329 e. The quantitative estimate of drug-likeness (QED) is 0.0120. The number of hydrogen-bond acceptors (Lipinski definition) is 26. The van der Waals surface area contributed by atoms with Crippen molar-refractivity contribution in [1.82, 2.24) is 10.5 Å². The van der Waals surface area contributed by atoms with Crippen LogP contribution in [-0.4, -0.2) is 139 Å². The van der Waals surface area contributed by atoms with Crippen molar-refractivity contribution in [2.24, 2.45) is 40.9 Å². The predicted molar refractivity (Wildman–Crippen MR) is 481 cm³/mol. The van der Waals surface area contributed by atoms with E-state index in [4.69, 9.17) is 24.7 Å². The number of hydrogen-bond donors (Lipinski definition) is 8. The van der Waals surface area contributed by atoms with Gasteiger partial charge in [-0.2, -0.15) is 0 Å². The molecule has 3 heterocycles. The van der Waals surface area contributed by atoms with Crippen molar-refractivity contribution in [1.29, 1.82) is 0 Å². The van der Waals surface area contributed by atoms with E-state index in [1.807, 2.05) is 26.0 Å². The zero-order chi connectivity index (χ0) is 85.3. The topological polar surface area (TPSA) is 386 Å². The van der Waals surface area contributed by atoms with E-state index in [9.17, 15) is 44.7 Å². The summed E-state index contributed by atoms with van der Waals surface area (Å²) in [5, 5.41) is 99.1. The molecule has 0 radical (unpaired) electrons. The van der Waals surface area contributed by atoms with Crippen LogP contribution in [0.3, 0.4) is 0 Å². The molecule has 0 aromatic carbocycles. The van der Waals surface area contributed by atoms with Crippen molar-refractivity contribution in [3.8, 4) is 249 Å². The van der Waals surface area contributed by atoms with Gasteiger partial charge in [-0.05, 0) is 255 Å². The molecule has 13 atom stereocenters. The van der Waals surface area contributed by atoms with Gasteiger partial charge in [0.2, 0.25) is 5.79 Å². The minimum atomic E-state index is -2.61. The van der Waals surface area contributed by atoms with Gasteiger partial charge < -0.3 is 50.1 Å². The Labute approximate surface area is 728 Å². The average molecular weight is 1660 g/mol. The monoisotopic (exact) mass is 1660 g/mol. The number of esters is 1. The van der Waals surface area contributed by atoms with Gasteiger partial charge in [-0.25, -0.2) is 15.3 Å². The SMILES string of the molecule is C=CC[C@@H]1/C=C(\C)C[C@H](C)C[C@H](OC)[C@@H]2O[C@@](O)(C(=O)C(=O)N3CCCC[C@H]3C(=O)O[C@H](/C(C)=C/[C@@H]3CC[C@@H](O)[C@H](CO)C3)[C@H](C)[C@@H](O)CC1=O)C(C)(C)C[C@@H]2CO.CC#CC#CC#CC#CC#CC#CC#CC#CC#CC#CC#CC#CC#CC#CC#CC#CC#CC#CC#CC#CC#CC.O.OOOOOONOOOOOOO.[HH].[HH].[HH].[HH].[HH].[HH].[HH].[HH].[HH].[HH].[HH].[HH].[HH].[HH].[HH].[HH].[HH].[HH].[HH].[HH].[HH].[HH].[HH].[HH].[HH].[HH].[HH].[HH].[HH].[HH].[HH]. The summed E-state index contributed by atoms with van der Waals surface area (Å²) in [7, 11) is 1.50. The average Bonchev–Trinajstić information content (AvgIpc) is 0.742. The van der Waals surface area contributed by atoms with Crippen LogP contribution in [0.15, 0.2) is 36.0 Å². The summed E-state index contributed by atoms with van der Waals surface area (Å²) in [5.74, 6) is 97.5. The first-order valence-electron chi connectivity index (χ1n) is 34.9. The fourth-order valence-electron chi connectivity index (χ4n) is 11.3.